The molecule has 17 heavy (non-hydrogen) atoms. The molecule has 3 N–H and O–H groups in total. The second kappa shape index (κ2) is 5.24. The summed E-state index contributed by atoms with van der Waals surface area (Å²) in [5.74, 6) is -0.0501. The first kappa shape index (κ1) is 12.0. The van der Waals surface area contributed by atoms with Crippen LogP contribution in [0.2, 0.25) is 0 Å². The molecular formula is C10H9BrN4OS. The van der Waals surface area contributed by atoms with Crippen LogP contribution in [0.25, 0.3) is 0 Å². The molecule has 0 radical (unpaired) electrons. The fraction of sp³-hybridized carbons (Fsp3) is 0.100. The van der Waals surface area contributed by atoms with Gasteiger partial charge in [0, 0.05) is 4.88 Å². The molecule has 0 unspecified atom stereocenters. The summed E-state index contributed by atoms with van der Waals surface area (Å²) >= 11 is 5.02. The molecule has 0 saturated carbocycles. The molecule has 2 heterocycles. The fourth-order valence-corrected chi connectivity index (χ4v) is 2.62. The van der Waals surface area contributed by atoms with Gasteiger partial charge in [-0.25, -0.2) is 4.98 Å². The first-order valence-corrected chi connectivity index (χ1v) is 6.36. The number of hydrogen-bond acceptors (Lipinski definition) is 5. The molecule has 7 heteroatoms. The van der Waals surface area contributed by atoms with Gasteiger partial charge >= 0.3 is 0 Å². The minimum absolute atomic E-state index is 0.155. The number of nitrogens with two attached hydrogens (primary N) is 1. The Morgan fingerprint density at radius 1 is 1.47 bits per heavy atom. The van der Waals surface area contributed by atoms with Crippen molar-refractivity contribution in [3.63, 3.8) is 0 Å². The van der Waals surface area contributed by atoms with Crippen molar-refractivity contribution in [1.29, 1.82) is 0 Å². The van der Waals surface area contributed by atoms with E-state index in [9.17, 15) is 4.79 Å². The number of carbonyl (C=O) groups is 1. The van der Waals surface area contributed by atoms with Crippen molar-refractivity contribution in [3.8, 4) is 0 Å². The number of aromatic nitrogens is 2. The van der Waals surface area contributed by atoms with Crippen molar-refractivity contribution in [2.45, 2.75) is 6.54 Å². The van der Waals surface area contributed by atoms with E-state index in [1.54, 1.807) is 17.5 Å². The monoisotopic (exact) mass is 312 g/mol. The Labute approximate surface area is 110 Å². The number of thiophene rings is 1. The zero-order valence-electron chi connectivity index (χ0n) is 8.68. The molecule has 0 fully saturated rings. The van der Waals surface area contributed by atoms with Crippen LogP contribution in [0.15, 0.2) is 28.3 Å². The number of carbonyl (C=O) groups excluding carboxylic acids is 1. The Balaban J connectivity index is 2.04. The number of amides is 1. The third-order valence-electron chi connectivity index (χ3n) is 1.96. The fourth-order valence-electron chi connectivity index (χ4n) is 1.19. The van der Waals surface area contributed by atoms with Gasteiger partial charge in [-0.15, -0.1) is 11.3 Å². The second-order valence-corrected chi connectivity index (χ2v) is 5.76. The molecule has 0 aromatic carbocycles. The molecule has 2 aromatic heterocycles. The molecule has 88 valence electrons. The van der Waals surface area contributed by atoms with E-state index in [4.69, 9.17) is 5.73 Å². The molecule has 0 aliphatic carbocycles. The highest BCUT2D eigenvalue weighted by atomic mass is 79.9. The lowest BCUT2D eigenvalue weighted by Crippen LogP contribution is -2.14. The van der Waals surface area contributed by atoms with Crippen molar-refractivity contribution in [1.82, 2.24) is 9.97 Å². The predicted molar refractivity (Wildman–Crippen MR) is 69.9 cm³/mol. The lowest BCUT2D eigenvalue weighted by molar-refractivity contribution is 0.0995. The third-order valence-corrected chi connectivity index (χ3v) is 3.58. The summed E-state index contributed by atoms with van der Waals surface area (Å²) in [6.45, 7) is 0.632. The van der Waals surface area contributed by atoms with Gasteiger partial charge in [0.05, 0.1) is 22.7 Å². The van der Waals surface area contributed by atoms with Gasteiger partial charge in [0.15, 0.2) is 0 Å². The van der Waals surface area contributed by atoms with E-state index in [1.165, 1.54) is 6.20 Å². The number of anilines is 1. The van der Waals surface area contributed by atoms with Gasteiger partial charge in [0.1, 0.15) is 11.5 Å². The number of rotatable bonds is 4. The molecule has 0 spiro atoms. The van der Waals surface area contributed by atoms with E-state index in [0.29, 0.717) is 12.4 Å². The summed E-state index contributed by atoms with van der Waals surface area (Å²) in [6, 6.07) is 3.99. The van der Waals surface area contributed by atoms with Crippen LogP contribution in [-0.2, 0) is 6.54 Å². The summed E-state index contributed by atoms with van der Waals surface area (Å²) in [5, 5.41) is 3.08. The maximum Gasteiger partial charge on any atom is 0.268 e. The zero-order chi connectivity index (χ0) is 12.3. The smallest absolute Gasteiger partial charge is 0.268 e. The van der Waals surface area contributed by atoms with Crippen molar-refractivity contribution >= 4 is 39.0 Å². The summed E-state index contributed by atoms with van der Waals surface area (Å²) in [4.78, 5) is 20.0. The van der Waals surface area contributed by atoms with Gasteiger partial charge in [0.2, 0.25) is 0 Å². The van der Waals surface area contributed by atoms with Gasteiger partial charge in [-0.3, -0.25) is 9.78 Å². The molecule has 2 aromatic rings. The quantitative estimate of drug-likeness (QED) is 0.905. The van der Waals surface area contributed by atoms with Crippen LogP contribution in [0.3, 0.4) is 0 Å². The van der Waals surface area contributed by atoms with E-state index in [2.05, 4.69) is 31.2 Å². The maximum absolute atomic E-state index is 10.9. The first-order chi connectivity index (χ1) is 8.15. The van der Waals surface area contributed by atoms with Crippen molar-refractivity contribution in [2.75, 3.05) is 5.32 Å². The summed E-state index contributed by atoms with van der Waals surface area (Å²) < 4.78 is 1.08. The molecule has 0 aliphatic rings. The number of nitrogens with zero attached hydrogens (tertiary/aromatic N) is 2. The van der Waals surface area contributed by atoms with Crippen LogP contribution in [0.1, 0.15) is 15.4 Å². The Hall–Kier alpha value is -1.47. The van der Waals surface area contributed by atoms with Crippen LogP contribution >= 0.6 is 27.3 Å². The highest BCUT2D eigenvalue weighted by molar-refractivity contribution is 9.11. The largest absolute Gasteiger partial charge is 0.364 e. The van der Waals surface area contributed by atoms with Crippen LogP contribution < -0.4 is 11.1 Å². The molecule has 5 nitrogen and oxygen atoms in total. The van der Waals surface area contributed by atoms with Gasteiger partial charge in [-0.05, 0) is 28.1 Å². The Bertz CT molecular complexity index is 543. The van der Waals surface area contributed by atoms with Gasteiger partial charge in [-0.1, -0.05) is 0 Å². The molecule has 0 atom stereocenters. The molecule has 0 bridgehead atoms. The topological polar surface area (TPSA) is 80.9 Å². The minimum Gasteiger partial charge on any atom is -0.364 e. The van der Waals surface area contributed by atoms with Gasteiger partial charge < -0.3 is 11.1 Å². The van der Waals surface area contributed by atoms with Crippen LogP contribution in [0.5, 0.6) is 0 Å². The lowest BCUT2D eigenvalue weighted by atomic mass is 10.4. The number of primary amides is 1. The Kier molecular flexibility index (Phi) is 3.70. The zero-order valence-corrected chi connectivity index (χ0v) is 11.1. The maximum atomic E-state index is 10.9. The summed E-state index contributed by atoms with van der Waals surface area (Å²) in [6.07, 6.45) is 2.89. The van der Waals surface area contributed by atoms with E-state index in [-0.39, 0.29) is 5.69 Å². The van der Waals surface area contributed by atoms with Gasteiger partial charge in [0.25, 0.3) is 5.91 Å². The van der Waals surface area contributed by atoms with Gasteiger partial charge in [-0.2, -0.15) is 0 Å². The number of halogens is 1. The molecular weight excluding hydrogens is 304 g/mol. The van der Waals surface area contributed by atoms with Crippen molar-refractivity contribution in [2.24, 2.45) is 5.73 Å². The first-order valence-electron chi connectivity index (χ1n) is 4.75. The lowest BCUT2D eigenvalue weighted by Gasteiger charge is -2.03. The molecule has 0 aliphatic heterocycles. The molecule has 0 saturated heterocycles. The van der Waals surface area contributed by atoms with E-state index in [0.717, 1.165) is 8.66 Å². The Morgan fingerprint density at radius 2 is 2.29 bits per heavy atom. The second-order valence-electron chi connectivity index (χ2n) is 3.21. The minimum atomic E-state index is -0.583. The van der Waals surface area contributed by atoms with Crippen LogP contribution in [-0.4, -0.2) is 15.9 Å². The summed E-state index contributed by atoms with van der Waals surface area (Å²) in [5.41, 5.74) is 5.27. The molecule has 1 amide bonds. The highest BCUT2D eigenvalue weighted by Gasteiger charge is 2.04. The highest BCUT2D eigenvalue weighted by Crippen LogP contribution is 2.22. The Morgan fingerprint density at radius 3 is 2.94 bits per heavy atom. The van der Waals surface area contributed by atoms with Crippen molar-refractivity contribution < 1.29 is 4.79 Å². The predicted octanol–water partition coefficient (Wildman–Crippen LogP) is 2.01. The third kappa shape index (κ3) is 3.24. The normalized spacial score (nSPS) is 10.2. The van der Waals surface area contributed by atoms with E-state index in [1.807, 2.05) is 12.1 Å². The standard InChI is InChI=1S/C10H9BrN4OS/c11-8-2-1-6(17-8)3-14-9-5-13-4-7(15-9)10(12)16/h1-2,4-5H,3H2,(H2,12,16)(H,14,15). The molecule has 2 rings (SSSR count). The van der Waals surface area contributed by atoms with E-state index >= 15 is 0 Å². The number of nitrogens with one attached hydrogen (secondary N) is 1. The summed E-state index contributed by atoms with van der Waals surface area (Å²) in [7, 11) is 0. The van der Waals surface area contributed by atoms with Crippen LogP contribution in [0, 0.1) is 0 Å². The number of hydrogen-bond donors (Lipinski definition) is 2. The average Bonchev–Trinajstić information content (AvgIpc) is 2.73. The van der Waals surface area contributed by atoms with Crippen LogP contribution in [0.4, 0.5) is 5.82 Å². The average molecular weight is 313 g/mol. The SMILES string of the molecule is NC(=O)c1cncc(NCc2ccc(Br)s2)n1. The van der Waals surface area contributed by atoms with E-state index < -0.39 is 5.91 Å². The van der Waals surface area contributed by atoms with Crippen molar-refractivity contribution in [3.05, 3.63) is 38.9 Å².